The van der Waals surface area contributed by atoms with E-state index in [1.807, 2.05) is 36.4 Å². The summed E-state index contributed by atoms with van der Waals surface area (Å²) in [4.78, 5) is 2.27. The molecule has 0 saturated carbocycles. The Kier molecular flexibility index (Phi) is 2.48. The van der Waals surface area contributed by atoms with Crippen molar-refractivity contribution >= 4 is 5.69 Å². The molecule has 0 unspecified atom stereocenters. The summed E-state index contributed by atoms with van der Waals surface area (Å²) >= 11 is 0. The van der Waals surface area contributed by atoms with Gasteiger partial charge in [0.1, 0.15) is 11.5 Å². The van der Waals surface area contributed by atoms with Crippen molar-refractivity contribution in [3.8, 4) is 11.5 Å². The summed E-state index contributed by atoms with van der Waals surface area (Å²) in [5.74, 6) is 1.88. The number of hydrogen-bond donors (Lipinski definition) is 0. The maximum absolute atomic E-state index is 5.94. The number of ether oxygens (including phenoxy) is 1. The van der Waals surface area contributed by atoms with Gasteiger partial charge >= 0.3 is 0 Å². The summed E-state index contributed by atoms with van der Waals surface area (Å²) in [6, 6.07) is 16.2. The molecule has 3 rings (SSSR count). The highest BCUT2D eigenvalue weighted by Crippen LogP contribution is 2.36. The zero-order valence-corrected chi connectivity index (χ0v) is 9.89. The molecule has 2 aromatic rings. The number of para-hydroxylation sites is 1. The second kappa shape index (κ2) is 4.13. The van der Waals surface area contributed by atoms with Gasteiger partial charge in [-0.1, -0.05) is 24.3 Å². The predicted octanol–water partition coefficient (Wildman–Crippen LogP) is 3.47. The van der Waals surface area contributed by atoms with Crippen LogP contribution in [-0.4, -0.2) is 13.6 Å². The van der Waals surface area contributed by atoms with Crippen LogP contribution in [0.4, 0.5) is 5.69 Å². The Hall–Kier alpha value is -1.96. The Morgan fingerprint density at radius 1 is 1.00 bits per heavy atom. The molecule has 1 aliphatic rings. The first-order valence-corrected chi connectivity index (χ1v) is 5.90. The van der Waals surface area contributed by atoms with Crippen molar-refractivity contribution in [1.29, 1.82) is 0 Å². The number of fused-ring (bicyclic) bond motifs is 1. The molecular weight excluding hydrogens is 210 g/mol. The number of hydrogen-bond acceptors (Lipinski definition) is 2. The molecule has 0 aromatic heterocycles. The molecule has 0 bridgehead atoms. The lowest BCUT2D eigenvalue weighted by molar-refractivity contribution is 0.478. The number of anilines is 1. The number of benzene rings is 2. The highest BCUT2D eigenvalue weighted by atomic mass is 16.5. The van der Waals surface area contributed by atoms with E-state index in [1.165, 1.54) is 11.3 Å². The van der Waals surface area contributed by atoms with Gasteiger partial charge in [-0.05, 0) is 30.7 Å². The highest BCUT2D eigenvalue weighted by Gasteiger charge is 2.19. The second-order valence-electron chi connectivity index (χ2n) is 4.34. The molecule has 1 aliphatic heterocycles. The van der Waals surface area contributed by atoms with E-state index in [0.717, 1.165) is 24.5 Å². The Labute approximate surface area is 101 Å². The molecule has 2 aromatic carbocycles. The van der Waals surface area contributed by atoms with Crippen LogP contribution in [0.1, 0.15) is 5.56 Å². The average molecular weight is 225 g/mol. The van der Waals surface area contributed by atoms with Gasteiger partial charge in [0.05, 0.1) is 0 Å². The first-order chi connectivity index (χ1) is 8.34. The van der Waals surface area contributed by atoms with Gasteiger partial charge in [0, 0.05) is 24.8 Å². The zero-order chi connectivity index (χ0) is 11.7. The topological polar surface area (TPSA) is 12.5 Å². The van der Waals surface area contributed by atoms with Crippen LogP contribution in [0, 0.1) is 0 Å². The average Bonchev–Trinajstić information content (AvgIpc) is 2.74. The maximum Gasteiger partial charge on any atom is 0.132 e. The van der Waals surface area contributed by atoms with Gasteiger partial charge in [-0.25, -0.2) is 0 Å². The van der Waals surface area contributed by atoms with E-state index < -0.39 is 0 Å². The van der Waals surface area contributed by atoms with Crippen molar-refractivity contribution in [2.75, 3.05) is 18.5 Å². The largest absolute Gasteiger partial charge is 0.457 e. The van der Waals surface area contributed by atoms with Crippen molar-refractivity contribution in [2.45, 2.75) is 6.42 Å². The van der Waals surface area contributed by atoms with Crippen LogP contribution in [0.15, 0.2) is 48.5 Å². The minimum absolute atomic E-state index is 0.899. The Balaban J connectivity index is 1.95. The van der Waals surface area contributed by atoms with E-state index in [0.29, 0.717) is 0 Å². The van der Waals surface area contributed by atoms with Gasteiger partial charge in [-0.15, -0.1) is 0 Å². The Morgan fingerprint density at radius 2 is 1.82 bits per heavy atom. The molecule has 17 heavy (non-hydrogen) atoms. The Morgan fingerprint density at radius 3 is 2.65 bits per heavy atom. The summed E-state index contributed by atoms with van der Waals surface area (Å²) in [6.45, 7) is 1.07. The first-order valence-electron chi connectivity index (χ1n) is 5.90. The van der Waals surface area contributed by atoms with E-state index in [-0.39, 0.29) is 0 Å². The van der Waals surface area contributed by atoms with Crippen LogP contribution < -0.4 is 9.64 Å². The van der Waals surface area contributed by atoms with Crippen LogP contribution in [0.3, 0.4) is 0 Å². The first kappa shape index (κ1) is 10.2. The summed E-state index contributed by atoms with van der Waals surface area (Å²) in [7, 11) is 2.12. The fourth-order valence-corrected chi connectivity index (χ4v) is 2.27. The second-order valence-corrected chi connectivity index (χ2v) is 4.34. The lowest BCUT2D eigenvalue weighted by Gasteiger charge is -2.13. The molecule has 0 saturated heterocycles. The molecule has 2 heteroatoms. The predicted molar refractivity (Wildman–Crippen MR) is 69.9 cm³/mol. The molecule has 0 spiro atoms. The van der Waals surface area contributed by atoms with Crippen LogP contribution in [0.5, 0.6) is 11.5 Å². The van der Waals surface area contributed by atoms with E-state index in [4.69, 9.17) is 4.74 Å². The molecule has 0 radical (unpaired) electrons. The molecule has 1 heterocycles. The maximum atomic E-state index is 5.94. The van der Waals surface area contributed by atoms with E-state index >= 15 is 0 Å². The van der Waals surface area contributed by atoms with E-state index in [1.54, 1.807) is 0 Å². The molecule has 0 N–H and O–H groups in total. The minimum Gasteiger partial charge on any atom is -0.457 e. The van der Waals surface area contributed by atoms with Gasteiger partial charge in [-0.2, -0.15) is 0 Å². The van der Waals surface area contributed by atoms with Crippen molar-refractivity contribution in [3.05, 3.63) is 54.1 Å². The normalized spacial score (nSPS) is 13.6. The lowest BCUT2D eigenvalue weighted by atomic mass is 10.1. The van der Waals surface area contributed by atoms with Crippen LogP contribution >= 0.6 is 0 Å². The molecule has 0 aliphatic carbocycles. The SMILES string of the molecule is CN1CCc2c(Oc3ccccc3)cccc21. The number of nitrogens with zero attached hydrogens (tertiary/aromatic N) is 1. The van der Waals surface area contributed by atoms with Crippen LogP contribution in [-0.2, 0) is 6.42 Å². The highest BCUT2D eigenvalue weighted by molar-refractivity contribution is 5.63. The third kappa shape index (κ3) is 1.86. The lowest BCUT2D eigenvalue weighted by Crippen LogP contribution is -2.12. The monoisotopic (exact) mass is 225 g/mol. The molecule has 0 amide bonds. The van der Waals surface area contributed by atoms with Gasteiger partial charge < -0.3 is 9.64 Å². The van der Waals surface area contributed by atoms with E-state index in [2.05, 4.69) is 24.1 Å². The smallest absolute Gasteiger partial charge is 0.132 e. The molecule has 0 atom stereocenters. The standard InChI is InChI=1S/C15H15NO/c1-16-11-10-13-14(16)8-5-9-15(13)17-12-6-3-2-4-7-12/h2-9H,10-11H2,1H3. The third-order valence-corrected chi connectivity index (χ3v) is 3.19. The summed E-state index contributed by atoms with van der Waals surface area (Å²) < 4.78 is 5.94. The third-order valence-electron chi connectivity index (χ3n) is 3.19. The van der Waals surface area contributed by atoms with Gasteiger partial charge in [0.15, 0.2) is 0 Å². The zero-order valence-electron chi connectivity index (χ0n) is 9.89. The molecule has 2 nitrogen and oxygen atoms in total. The molecular formula is C15H15NO. The van der Waals surface area contributed by atoms with Gasteiger partial charge in [0.2, 0.25) is 0 Å². The number of likely N-dealkylation sites (N-methyl/N-ethyl adjacent to an activating group) is 1. The Bertz CT molecular complexity index is 522. The molecule has 86 valence electrons. The van der Waals surface area contributed by atoms with Crippen molar-refractivity contribution in [1.82, 2.24) is 0 Å². The van der Waals surface area contributed by atoms with Gasteiger partial charge in [0.25, 0.3) is 0 Å². The molecule has 0 fully saturated rings. The summed E-state index contributed by atoms with van der Waals surface area (Å²) in [5, 5.41) is 0. The van der Waals surface area contributed by atoms with Gasteiger partial charge in [-0.3, -0.25) is 0 Å². The minimum atomic E-state index is 0.899. The van der Waals surface area contributed by atoms with Crippen molar-refractivity contribution in [3.63, 3.8) is 0 Å². The summed E-state index contributed by atoms with van der Waals surface area (Å²) in [6.07, 6.45) is 1.06. The van der Waals surface area contributed by atoms with Crippen molar-refractivity contribution in [2.24, 2.45) is 0 Å². The van der Waals surface area contributed by atoms with Crippen LogP contribution in [0.25, 0.3) is 0 Å². The van der Waals surface area contributed by atoms with Crippen molar-refractivity contribution < 1.29 is 4.74 Å². The number of rotatable bonds is 2. The van der Waals surface area contributed by atoms with E-state index in [9.17, 15) is 0 Å². The fraction of sp³-hybridized carbons (Fsp3) is 0.200. The quantitative estimate of drug-likeness (QED) is 0.776. The fourth-order valence-electron chi connectivity index (χ4n) is 2.27. The summed E-state index contributed by atoms with van der Waals surface area (Å²) in [5.41, 5.74) is 2.61. The van der Waals surface area contributed by atoms with Crippen LogP contribution in [0.2, 0.25) is 0 Å².